The van der Waals surface area contributed by atoms with Crippen LogP contribution in [0.5, 0.6) is 0 Å². The lowest BCUT2D eigenvalue weighted by Gasteiger charge is -2.26. The van der Waals surface area contributed by atoms with Crippen molar-refractivity contribution in [2.24, 2.45) is 0 Å². The highest BCUT2D eigenvalue weighted by atomic mass is 79.9. The van der Waals surface area contributed by atoms with Gasteiger partial charge in [0.2, 0.25) is 0 Å². The highest BCUT2D eigenvalue weighted by Gasteiger charge is 2.18. The van der Waals surface area contributed by atoms with E-state index in [9.17, 15) is 4.79 Å². The van der Waals surface area contributed by atoms with E-state index in [1.165, 1.54) is 0 Å². The zero-order valence-corrected chi connectivity index (χ0v) is 11.4. The highest BCUT2D eigenvalue weighted by molar-refractivity contribution is 9.10. The molecule has 4 nitrogen and oxygen atoms in total. The minimum atomic E-state index is 0.0771. The number of carbonyl (C=O) groups is 1. The average molecular weight is 309 g/mol. The average Bonchev–Trinajstić information content (AvgIpc) is 2.80. The Morgan fingerprint density at radius 1 is 1.33 bits per heavy atom. The highest BCUT2D eigenvalue weighted by Crippen LogP contribution is 2.25. The SMILES string of the molecule is O=C(c1ccc2[nH]cc(Br)c2c1)N1CCOCC1. The third-order valence-corrected chi connectivity index (χ3v) is 3.83. The number of amides is 1. The summed E-state index contributed by atoms with van der Waals surface area (Å²) in [6.07, 6.45) is 1.88. The predicted molar refractivity (Wildman–Crippen MR) is 72.7 cm³/mol. The van der Waals surface area contributed by atoms with Crippen molar-refractivity contribution in [2.75, 3.05) is 26.3 Å². The number of nitrogens with one attached hydrogen (secondary N) is 1. The number of morpholine rings is 1. The first-order valence-electron chi connectivity index (χ1n) is 5.89. The molecule has 94 valence electrons. The molecule has 0 bridgehead atoms. The molecular formula is C13H13BrN2O2. The van der Waals surface area contributed by atoms with Crippen molar-refractivity contribution >= 4 is 32.7 Å². The topological polar surface area (TPSA) is 45.3 Å². The number of rotatable bonds is 1. The van der Waals surface area contributed by atoms with Crippen molar-refractivity contribution in [1.29, 1.82) is 0 Å². The maximum Gasteiger partial charge on any atom is 0.254 e. The minimum Gasteiger partial charge on any atom is -0.378 e. The van der Waals surface area contributed by atoms with Crippen LogP contribution in [-0.2, 0) is 4.74 Å². The third-order valence-electron chi connectivity index (χ3n) is 3.18. The summed E-state index contributed by atoms with van der Waals surface area (Å²) in [5, 5.41) is 1.04. The molecule has 0 saturated carbocycles. The van der Waals surface area contributed by atoms with Crippen LogP contribution in [0.2, 0.25) is 0 Å². The monoisotopic (exact) mass is 308 g/mol. The van der Waals surface area contributed by atoms with Crippen molar-refractivity contribution < 1.29 is 9.53 Å². The number of hydrogen-bond donors (Lipinski definition) is 1. The molecule has 1 fully saturated rings. The van der Waals surface area contributed by atoms with Gasteiger partial charge in [0.1, 0.15) is 0 Å². The van der Waals surface area contributed by atoms with Crippen LogP contribution in [-0.4, -0.2) is 42.1 Å². The van der Waals surface area contributed by atoms with Gasteiger partial charge in [0.25, 0.3) is 5.91 Å². The Balaban J connectivity index is 1.93. The van der Waals surface area contributed by atoms with Crippen LogP contribution in [0.15, 0.2) is 28.9 Å². The Bertz CT molecular complexity index is 588. The molecule has 0 aliphatic carbocycles. The summed E-state index contributed by atoms with van der Waals surface area (Å²) >= 11 is 3.47. The van der Waals surface area contributed by atoms with Gasteiger partial charge in [0.05, 0.1) is 13.2 Å². The first-order valence-corrected chi connectivity index (χ1v) is 6.68. The van der Waals surface area contributed by atoms with Crippen molar-refractivity contribution in [1.82, 2.24) is 9.88 Å². The van der Waals surface area contributed by atoms with Crippen molar-refractivity contribution in [3.8, 4) is 0 Å². The summed E-state index contributed by atoms with van der Waals surface area (Å²) in [6, 6.07) is 5.73. The van der Waals surface area contributed by atoms with Crippen LogP contribution in [0.3, 0.4) is 0 Å². The Hall–Kier alpha value is -1.33. The largest absolute Gasteiger partial charge is 0.378 e. The summed E-state index contributed by atoms with van der Waals surface area (Å²) in [5.74, 6) is 0.0771. The molecule has 1 aliphatic heterocycles. The van der Waals surface area contributed by atoms with E-state index in [1.807, 2.05) is 29.3 Å². The zero-order valence-electron chi connectivity index (χ0n) is 9.78. The number of aromatic nitrogens is 1. The fourth-order valence-corrected chi connectivity index (χ4v) is 2.61. The number of H-pyrrole nitrogens is 1. The van der Waals surface area contributed by atoms with Gasteiger partial charge in [-0.1, -0.05) is 0 Å². The fourth-order valence-electron chi connectivity index (χ4n) is 2.17. The van der Waals surface area contributed by atoms with Crippen LogP contribution in [0.1, 0.15) is 10.4 Å². The van der Waals surface area contributed by atoms with Crippen molar-refractivity contribution in [3.63, 3.8) is 0 Å². The van der Waals surface area contributed by atoms with Crippen LogP contribution in [0.4, 0.5) is 0 Å². The van der Waals surface area contributed by atoms with Gasteiger partial charge in [0.15, 0.2) is 0 Å². The van der Waals surface area contributed by atoms with Gasteiger partial charge >= 0.3 is 0 Å². The number of fused-ring (bicyclic) bond motifs is 1. The van der Waals surface area contributed by atoms with E-state index in [0.29, 0.717) is 26.3 Å². The molecular weight excluding hydrogens is 296 g/mol. The Kier molecular flexibility index (Phi) is 3.09. The lowest BCUT2D eigenvalue weighted by molar-refractivity contribution is 0.0303. The number of nitrogens with zero attached hydrogens (tertiary/aromatic N) is 1. The van der Waals surface area contributed by atoms with Gasteiger partial charge in [-0.05, 0) is 34.1 Å². The molecule has 2 aromatic rings. The number of ether oxygens (including phenoxy) is 1. The molecule has 0 atom stereocenters. The van der Waals surface area contributed by atoms with Gasteiger partial charge in [0, 0.05) is 40.2 Å². The van der Waals surface area contributed by atoms with E-state index < -0.39 is 0 Å². The van der Waals surface area contributed by atoms with E-state index in [4.69, 9.17) is 4.74 Å². The lowest BCUT2D eigenvalue weighted by atomic mass is 10.1. The molecule has 1 aromatic carbocycles. The number of carbonyl (C=O) groups excluding carboxylic acids is 1. The number of benzene rings is 1. The van der Waals surface area contributed by atoms with E-state index in [0.717, 1.165) is 20.9 Å². The molecule has 1 aromatic heterocycles. The first-order chi connectivity index (χ1) is 8.75. The minimum absolute atomic E-state index is 0.0771. The summed E-state index contributed by atoms with van der Waals surface area (Å²) in [7, 11) is 0. The maximum absolute atomic E-state index is 12.3. The van der Waals surface area contributed by atoms with Crippen LogP contribution in [0, 0.1) is 0 Å². The summed E-state index contributed by atoms with van der Waals surface area (Å²) in [5.41, 5.74) is 1.75. The maximum atomic E-state index is 12.3. The molecule has 1 amide bonds. The standard InChI is InChI=1S/C13H13BrN2O2/c14-11-8-15-12-2-1-9(7-10(11)12)13(17)16-3-5-18-6-4-16/h1-2,7-8,15H,3-6H2. The van der Waals surface area contributed by atoms with E-state index in [1.54, 1.807) is 0 Å². The Morgan fingerprint density at radius 2 is 2.11 bits per heavy atom. The fraction of sp³-hybridized carbons (Fsp3) is 0.308. The molecule has 0 radical (unpaired) electrons. The predicted octanol–water partition coefficient (Wildman–Crippen LogP) is 2.40. The number of aromatic amines is 1. The second-order valence-electron chi connectivity index (χ2n) is 4.30. The van der Waals surface area contributed by atoms with Crippen LogP contribution < -0.4 is 0 Å². The lowest BCUT2D eigenvalue weighted by Crippen LogP contribution is -2.40. The van der Waals surface area contributed by atoms with E-state index in [2.05, 4.69) is 20.9 Å². The first kappa shape index (κ1) is 11.7. The molecule has 5 heteroatoms. The van der Waals surface area contributed by atoms with Gasteiger partial charge in [-0.2, -0.15) is 0 Å². The normalized spacial score (nSPS) is 16.2. The van der Waals surface area contributed by atoms with E-state index >= 15 is 0 Å². The molecule has 2 heterocycles. The Labute approximate surface area is 113 Å². The quantitative estimate of drug-likeness (QED) is 0.879. The molecule has 1 saturated heterocycles. The second kappa shape index (κ2) is 4.74. The second-order valence-corrected chi connectivity index (χ2v) is 5.16. The molecule has 1 N–H and O–H groups in total. The molecule has 1 aliphatic rings. The van der Waals surface area contributed by atoms with Crippen molar-refractivity contribution in [2.45, 2.75) is 0 Å². The van der Waals surface area contributed by atoms with Gasteiger partial charge in [-0.3, -0.25) is 4.79 Å². The van der Waals surface area contributed by atoms with Gasteiger partial charge < -0.3 is 14.6 Å². The summed E-state index contributed by atoms with van der Waals surface area (Å²) in [4.78, 5) is 17.3. The summed E-state index contributed by atoms with van der Waals surface area (Å²) < 4.78 is 6.24. The number of hydrogen-bond acceptors (Lipinski definition) is 2. The van der Waals surface area contributed by atoms with Crippen LogP contribution in [0.25, 0.3) is 10.9 Å². The molecule has 0 spiro atoms. The molecule has 3 rings (SSSR count). The molecule has 0 unspecified atom stereocenters. The smallest absolute Gasteiger partial charge is 0.254 e. The van der Waals surface area contributed by atoms with Crippen LogP contribution >= 0.6 is 15.9 Å². The van der Waals surface area contributed by atoms with Gasteiger partial charge in [-0.25, -0.2) is 0 Å². The third kappa shape index (κ3) is 2.04. The van der Waals surface area contributed by atoms with Crippen molar-refractivity contribution in [3.05, 3.63) is 34.4 Å². The van der Waals surface area contributed by atoms with Gasteiger partial charge in [-0.15, -0.1) is 0 Å². The molecule has 18 heavy (non-hydrogen) atoms. The Morgan fingerprint density at radius 3 is 2.89 bits per heavy atom. The summed E-state index contributed by atoms with van der Waals surface area (Å²) in [6.45, 7) is 2.60. The van der Waals surface area contributed by atoms with E-state index in [-0.39, 0.29) is 5.91 Å². The number of halogens is 1. The zero-order chi connectivity index (χ0) is 12.5.